The van der Waals surface area contributed by atoms with Crippen molar-refractivity contribution in [2.75, 3.05) is 0 Å². The predicted molar refractivity (Wildman–Crippen MR) is 93.5 cm³/mol. The quantitative estimate of drug-likeness (QED) is 0.173. The zero-order chi connectivity index (χ0) is 22.2. The standard InChI is InChI=1S/C9H14BrN2O14P3/c10-8(24-28(19,20)26-29(21,22)25-27(16,17)18)7-4(13)3-6(23-7)12-2-1-5(14)11-9(12)15/h1-2,4,6-8,13H,3H2,(H,19,20)(H,21,22)(H,11,14,15)(H2,16,17,18)/t4-,6+,7-,8?/m0/s1. The highest BCUT2D eigenvalue weighted by atomic mass is 79.9. The van der Waals surface area contributed by atoms with E-state index in [1.54, 1.807) is 0 Å². The van der Waals surface area contributed by atoms with Crippen LogP contribution in [0.4, 0.5) is 0 Å². The Kier molecular flexibility index (Phi) is 7.62. The van der Waals surface area contributed by atoms with Crippen LogP contribution in [0.2, 0.25) is 0 Å². The Labute approximate surface area is 168 Å². The molecule has 0 aliphatic carbocycles. The molecule has 20 heteroatoms. The maximum Gasteiger partial charge on any atom is 0.490 e. The van der Waals surface area contributed by atoms with Crippen LogP contribution in [0.15, 0.2) is 21.9 Å². The summed E-state index contributed by atoms with van der Waals surface area (Å²) < 4.78 is 51.6. The Morgan fingerprint density at radius 1 is 1.17 bits per heavy atom. The molecule has 1 aliphatic heterocycles. The number of H-pyrrole nitrogens is 1. The van der Waals surface area contributed by atoms with Crippen LogP contribution in [0.1, 0.15) is 12.6 Å². The van der Waals surface area contributed by atoms with Crippen molar-refractivity contribution in [2.24, 2.45) is 0 Å². The topological polar surface area (TPSA) is 244 Å². The van der Waals surface area contributed by atoms with E-state index in [1.165, 1.54) is 0 Å². The van der Waals surface area contributed by atoms with Crippen molar-refractivity contribution in [1.29, 1.82) is 0 Å². The summed E-state index contributed by atoms with van der Waals surface area (Å²) in [5.74, 6) is 0. The van der Waals surface area contributed by atoms with Gasteiger partial charge in [-0.15, -0.1) is 0 Å². The molecule has 2 rings (SSSR count). The highest BCUT2D eigenvalue weighted by molar-refractivity contribution is 9.09. The number of nitrogens with one attached hydrogen (secondary N) is 1. The van der Waals surface area contributed by atoms with E-state index >= 15 is 0 Å². The monoisotopic (exact) mass is 546 g/mol. The lowest BCUT2D eigenvalue weighted by atomic mass is 10.2. The zero-order valence-electron chi connectivity index (χ0n) is 13.7. The smallest absolute Gasteiger partial charge is 0.390 e. The molecule has 2 heterocycles. The average molecular weight is 547 g/mol. The lowest BCUT2D eigenvalue weighted by Gasteiger charge is -2.23. The fourth-order valence-electron chi connectivity index (χ4n) is 2.22. The van der Waals surface area contributed by atoms with Crippen molar-refractivity contribution in [1.82, 2.24) is 9.55 Å². The van der Waals surface area contributed by atoms with Crippen molar-refractivity contribution in [2.45, 2.75) is 29.9 Å². The molecule has 1 aromatic heterocycles. The summed E-state index contributed by atoms with van der Waals surface area (Å²) in [6.45, 7) is 0. The third kappa shape index (κ3) is 7.29. The molecule has 0 amide bonds. The average Bonchev–Trinajstić information content (AvgIpc) is 2.84. The van der Waals surface area contributed by atoms with Gasteiger partial charge in [-0.3, -0.25) is 18.9 Å². The van der Waals surface area contributed by atoms with Gasteiger partial charge in [0, 0.05) is 18.7 Å². The molecule has 0 spiro atoms. The van der Waals surface area contributed by atoms with E-state index in [1.807, 2.05) is 4.98 Å². The molecule has 6 N–H and O–H groups in total. The molecule has 3 unspecified atom stereocenters. The minimum atomic E-state index is -5.71. The van der Waals surface area contributed by atoms with Crippen molar-refractivity contribution in [3.05, 3.63) is 33.1 Å². The van der Waals surface area contributed by atoms with E-state index in [-0.39, 0.29) is 6.42 Å². The number of aromatic amines is 1. The SMILES string of the molecule is O=c1ccn([C@H]2C[C@H](O)[C@@H](C(Br)OP(=O)(O)OP(=O)(O)OP(=O)(O)O)O2)c(=O)[nH]1. The summed E-state index contributed by atoms with van der Waals surface area (Å²) in [6.07, 6.45) is -3.02. The lowest BCUT2D eigenvalue weighted by Crippen LogP contribution is -2.33. The number of alkyl halides is 1. The molecule has 0 aromatic carbocycles. The normalized spacial score (nSPS) is 27.9. The minimum Gasteiger partial charge on any atom is -0.390 e. The Morgan fingerprint density at radius 2 is 1.79 bits per heavy atom. The number of aromatic nitrogens is 2. The van der Waals surface area contributed by atoms with Crippen LogP contribution >= 0.6 is 39.4 Å². The van der Waals surface area contributed by atoms with Crippen LogP contribution in [0.3, 0.4) is 0 Å². The largest absolute Gasteiger partial charge is 0.490 e. The summed E-state index contributed by atoms with van der Waals surface area (Å²) >= 11 is 2.75. The first-order valence-electron chi connectivity index (χ1n) is 7.20. The molecule has 29 heavy (non-hydrogen) atoms. The molecule has 0 bridgehead atoms. The second-order valence-corrected chi connectivity index (χ2v) is 10.7. The molecule has 0 radical (unpaired) electrons. The summed E-state index contributed by atoms with van der Waals surface area (Å²) in [6, 6.07) is 1.02. The number of hydrogen-bond donors (Lipinski definition) is 6. The van der Waals surface area contributed by atoms with E-state index in [9.17, 15) is 33.3 Å². The van der Waals surface area contributed by atoms with E-state index in [4.69, 9.17) is 19.4 Å². The van der Waals surface area contributed by atoms with Gasteiger partial charge in [0.05, 0.1) is 6.10 Å². The number of ether oxygens (including phenoxy) is 1. The number of phosphoric ester groups is 1. The highest BCUT2D eigenvalue weighted by Crippen LogP contribution is 2.67. The van der Waals surface area contributed by atoms with Gasteiger partial charge in [-0.05, 0) is 0 Å². The summed E-state index contributed by atoms with van der Waals surface area (Å²) in [5.41, 5.74) is -1.53. The van der Waals surface area contributed by atoms with Gasteiger partial charge in [0.1, 0.15) is 12.3 Å². The molecule has 16 nitrogen and oxygen atoms in total. The Bertz CT molecular complexity index is 1000. The molecule has 1 saturated heterocycles. The molecule has 166 valence electrons. The number of nitrogens with zero attached hydrogens (tertiary/aromatic N) is 1. The molecular formula is C9H14BrN2O14P3. The van der Waals surface area contributed by atoms with Crippen molar-refractivity contribution in [3.63, 3.8) is 0 Å². The molecule has 6 atom stereocenters. The van der Waals surface area contributed by atoms with Crippen LogP contribution < -0.4 is 11.2 Å². The van der Waals surface area contributed by atoms with Gasteiger partial charge in [0.15, 0.2) is 5.01 Å². The van der Waals surface area contributed by atoms with Crippen LogP contribution in [0.25, 0.3) is 0 Å². The molecular weight excluding hydrogens is 533 g/mol. The van der Waals surface area contributed by atoms with Crippen LogP contribution in [-0.4, -0.2) is 51.5 Å². The second-order valence-electron chi connectivity index (χ2n) is 5.42. The Hall–Kier alpha value is -0.510. The Balaban J connectivity index is 2.08. The van der Waals surface area contributed by atoms with Gasteiger partial charge in [0.2, 0.25) is 0 Å². The Morgan fingerprint density at radius 3 is 2.34 bits per heavy atom. The van der Waals surface area contributed by atoms with Gasteiger partial charge in [-0.1, -0.05) is 15.9 Å². The number of phosphoric acid groups is 3. The molecule has 1 aromatic rings. The first-order valence-corrected chi connectivity index (χ1v) is 12.6. The highest BCUT2D eigenvalue weighted by Gasteiger charge is 2.46. The number of rotatable bonds is 8. The second kappa shape index (κ2) is 8.93. The summed E-state index contributed by atoms with van der Waals surface area (Å²) in [5, 5.41) is 8.39. The number of aliphatic hydroxyl groups is 1. The summed E-state index contributed by atoms with van der Waals surface area (Å²) in [7, 11) is -16.7. The van der Waals surface area contributed by atoms with Crippen molar-refractivity contribution >= 4 is 39.4 Å². The van der Waals surface area contributed by atoms with Gasteiger partial charge in [0.25, 0.3) is 5.56 Å². The molecule has 0 saturated carbocycles. The van der Waals surface area contributed by atoms with E-state index < -0.39 is 58.2 Å². The van der Waals surface area contributed by atoms with Crippen LogP contribution in [0.5, 0.6) is 0 Å². The summed E-state index contributed by atoms with van der Waals surface area (Å²) in [4.78, 5) is 60.4. The molecule has 1 aliphatic rings. The maximum absolute atomic E-state index is 11.8. The van der Waals surface area contributed by atoms with Crippen molar-refractivity contribution in [3.8, 4) is 0 Å². The zero-order valence-corrected chi connectivity index (χ0v) is 18.0. The lowest BCUT2D eigenvalue weighted by molar-refractivity contribution is -0.0531. The number of hydrogen-bond acceptors (Lipinski definition) is 10. The number of aliphatic hydroxyl groups excluding tert-OH is 1. The maximum atomic E-state index is 11.8. The molecule has 1 fully saturated rings. The van der Waals surface area contributed by atoms with E-state index in [0.717, 1.165) is 16.8 Å². The van der Waals surface area contributed by atoms with Gasteiger partial charge < -0.3 is 29.4 Å². The predicted octanol–water partition coefficient (Wildman–Crippen LogP) is -0.751. The first-order chi connectivity index (χ1) is 13.1. The van der Waals surface area contributed by atoms with Gasteiger partial charge in [-0.2, -0.15) is 8.62 Å². The fraction of sp³-hybridized carbons (Fsp3) is 0.556. The van der Waals surface area contributed by atoms with E-state index in [2.05, 4.69) is 29.1 Å². The third-order valence-electron chi connectivity index (χ3n) is 3.21. The van der Waals surface area contributed by atoms with E-state index in [0.29, 0.717) is 0 Å². The van der Waals surface area contributed by atoms with Crippen LogP contribution in [0, 0.1) is 0 Å². The van der Waals surface area contributed by atoms with Crippen LogP contribution in [-0.2, 0) is 31.6 Å². The van der Waals surface area contributed by atoms with Crippen molar-refractivity contribution < 1.29 is 56.3 Å². The van der Waals surface area contributed by atoms with Gasteiger partial charge in [-0.25, -0.2) is 18.5 Å². The van der Waals surface area contributed by atoms with Gasteiger partial charge >= 0.3 is 29.2 Å². The first kappa shape index (κ1) is 24.8. The minimum absolute atomic E-state index is 0.210. The third-order valence-corrected chi connectivity index (χ3v) is 8.02. The fourth-order valence-corrected chi connectivity index (χ4v) is 6.37. The number of halogens is 1.